The van der Waals surface area contributed by atoms with Gasteiger partial charge in [-0.1, -0.05) is 41.6 Å². The molecule has 6 heteroatoms. The lowest BCUT2D eigenvalue weighted by atomic mass is 9.94. The lowest BCUT2D eigenvalue weighted by molar-refractivity contribution is 0.459. The Balaban J connectivity index is 0.00000196. The van der Waals surface area contributed by atoms with Gasteiger partial charge in [-0.05, 0) is 29.8 Å². The number of rotatable bonds is 4. The molecule has 4 nitrogen and oxygen atoms in total. The molecule has 4 rings (SSSR count). The van der Waals surface area contributed by atoms with Crippen LogP contribution in [-0.2, 0) is 6.42 Å². The Hall–Kier alpha value is -2.76. The summed E-state index contributed by atoms with van der Waals surface area (Å²) in [6.45, 7) is 0. The van der Waals surface area contributed by atoms with Crippen LogP contribution in [0.25, 0.3) is 22.2 Å². The Morgan fingerprint density at radius 2 is 1.77 bits per heavy atom. The second kappa shape index (κ2) is 7.64. The molecule has 2 heterocycles. The summed E-state index contributed by atoms with van der Waals surface area (Å²) in [6, 6.07) is 18.3. The van der Waals surface area contributed by atoms with Crippen molar-refractivity contribution < 1.29 is 8.91 Å². The number of nitrogens with zero attached hydrogens (tertiary/aromatic N) is 2. The zero-order valence-electron chi connectivity index (χ0n) is 13.8. The SMILES string of the molecule is Cl.NC(Cc1ccc(F)cn1)c1ccccc1-c1noc2ccccc12. The quantitative estimate of drug-likeness (QED) is 0.566. The molecule has 0 fully saturated rings. The number of benzene rings is 2. The van der Waals surface area contributed by atoms with Gasteiger partial charge in [-0.25, -0.2) is 4.39 Å². The van der Waals surface area contributed by atoms with Crippen molar-refractivity contribution in [1.82, 2.24) is 10.1 Å². The smallest absolute Gasteiger partial charge is 0.167 e. The summed E-state index contributed by atoms with van der Waals surface area (Å²) in [5.74, 6) is -0.355. The zero-order valence-corrected chi connectivity index (χ0v) is 14.6. The standard InChI is InChI=1S/C20H16FN3O.ClH/c21-13-9-10-14(23-12-13)11-18(22)15-5-1-2-6-16(15)20-17-7-3-4-8-19(17)25-24-20;/h1-10,12,18H,11,22H2;1H. The second-order valence-electron chi connectivity index (χ2n) is 5.89. The molecule has 1 unspecified atom stereocenters. The van der Waals surface area contributed by atoms with Crippen LogP contribution in [0.5, 0.6) is 0 Å². The minimum atomic E-state index is -0.355. The van der Waals surface area contributed by atoms with Gasteiger partial charge in [0.15, 0.2) is 5.58 Å². The zero-order chi connectivity index (χ0) is 17.2. The van der Waals surface area contributed by atoms with Crippen molar-refractivity contribution in [3.8, 4) is 11.3 Å². The van der Waals surface area contributed by atoms with Gasteiger partial charge in [-0.2, -0.15) is 0 Å². The number of halogens is 2. The van der Waals surface area contributed by atoms with E-state index in [-0.39, 0.29) is 24.3 Å². The summed E-state index contributed by atoms with van der Waals surface area (Å²) in [5, 5.41) is 5.18. The number of fused-ring (bicyclic) bond motifs is 1. The van der Waals surface area contributed by atoms with Gasteiger partial charge in [0.1, 0.15) is 11.5 Å². The summed E-state index contributed by atoms with van der Waals surface area (Å²) in [5.41, 5.74) is 10.6. The predicted molar refractivity (Wildman–Crippen MR) is 102 cm³/mol. The van der Waals surface area contributed by atoms with E-state index in [9.17, 15) is 4.39 Å². The maximum absolute atomic E-state index is 13.0. The minimum absolute atomic E-state index is 0. The van der Waals surface area contributed by atoms with E-state index in [1.54, 1.807) is 6.07 Å². The Kier molecular flexibility index (Phi) is 5.30. The molecule has 0 aliphatic rings. The van der Waals surface area contributed by atoms with Crippen molar-refractivity contribution >= 4 is 23.4 Å². The Morgan fingerprint density at radius 1 is 1.00 bits per heavy atom. The molecule has 0 aliphatic heterocycles. The Bertz CT molecular complexity index is 1020. The normalized spacial score (nSPS) is 11.9. The van der Waals surface area contributed by atoms with E-state index >= 15 is 0 Å². The van der Waals surface area contributed by atoms with Crippen molar-refractivity contribution in [1.29, 1.82) is 0 Å². The van der Waals surface area contributed by atoms with Gasteiger partial charge in [0, 0.05) is 29.1 Å². The molecular weight excluding hydrogens is 353 g/mol. The Labute approximate surface area is 156 Å². The molecule has 1 atom stereocenters. The number of nitrogens with two attached hydrogens (primary N) is 1. The molecule has 0 amide bonds. The van der Waals surface area contributed by atoms with E-state index in [0.717, 1.165) is 33.5 Å². The Morgan fingerprint density at radius 3 is 2.58 bits per heavy atom. The van der Waals surface area contributed by atoms with E-state index in [0.29, 0.717) is 6.42 Å². The lowest BCUT2D eigenvalue weighted by Gasteiger charge is -2.15. The highest BCUT2D eigenvalue weighted by Crippen LogP contribution is 2.33. The molecule has 2 N–H and O–H groups in total. The first-order chi connectivity index (χ1) is 12.2. The van der Waals surface area contributed by atoms with E-state index in [1.807, 2.05) is 48.5 Å². The molecule has 132 valence electrons. The van der Waals surface area contributed by atoms with Gasteiger partial charge in [0.25, 0.3) is 0 Å². The van der Waals surface area contributed by atoms with E-state index in [1.165, 1.54) is 12.3 Å². The molecule has 4 aromatic rings. The number of aromatic nitrogens is 2. The maximum Gasteiger partial charge on any atom is 0.167 e. The van der Waals surface area contributed by atoms with Crippen LogP contribution in [0.15, 0.2) is 71.4 Å². The third kappa shape index (κ3) is 3.45. The highest BCUT2D eigenvalue weighted by Gasteiger charge is 2.17. The first kappa shape index (κ1) is 18.0. The van der Waals surface area contributed by atoms with Crippen LogP contribution in [0.3, 0.4) is 0 Å². The molecule has 0 bridgehead atoms. The van der Waals surface area contributed by atoms with Crippen LogP contribution >= 0.6 is 12.4 Å². The molecule has 0 saturated carbocycles. The highest BCUT2D eigenvalue weighted by atomic mass is 35.5. The van der Waals surface area contributed by atoms with Crippen LogP contribution in [0, 0.1) is 5.82 Å². The monoisotopic (exact) mass is 369 g/mol. The predicted octanol–water partition coefficient (Wildman–Crippen LogP) is 4.69. The van der Waals surface area contributed by atoms with Gasteiger partial charge in [0.2, 0.25) is 0 Å². The average molecular weight is 370 g/mol. The minimum Gasteiger partial charge on any atom is -0.356 e. The van der Waals surface area contributed by atoms with Crippen molar-refractivity contribution in [3.05, 3.63) is 83.9 Å². The second-order valence-corrected chi connectivity index (χ2v) is 5.89. The molecule has 0 aliphatic carbocycles. The summed E-state index contributed by atoms with van der Waals surface area (Å²) in [4.78, 5) is 4.10. The van der Waals surface area contributed by atoms with Gasteiger partial charge < -0.3 is 10.3 Å². The van der Waals surface area contributed by atoms with Crippen LogP contribution in [-0.4, -0.2) is 10.1 Å². The molecule has 0 saturated heterocycles. The molecule has 0 spiro atoms. The fraction of sp³-hybridized carbons (Fsp3) is 0.100. The van der Waals surface area contributed by atoms with Crippen molar-refractivity contribution in [2.45, 2.75) is 12.5 Å². The fourth-order valence-electron chi connectivity index (χ4n) is 2.98. The third-order valence-electron chi connectivity index (χ3n) is 4.21. The van der Waals surface area contributed by atoms with Gasteiger partial charge in [0.05, 0.1) is 6.20 Å². The van der Waals surface area contributed by atoms with Gasteiger partial charge in [-0.15, -0.1) is 12.4 Å². The van der Waals surface area contributed by atoms with Crippen molar-refractivity contribution in [2.75, 3.05) is 0 Å². The maximum atomic E-state index is 13.0. The first-order valence-corrected chi connectivity index (χ1v) is 8.02. The number of pyridine rings is 1. The fourth-order valence-corrected chi connectivity index (χ4v) is 2.98. The van der Waals surface area contributed by atoms with E-state index in [4.69, 9.17) is 10.3 Å². The van der Waals surface area contributed by atoms with E-state index < -0.39 is 0 Å². The molecule has 2 aromatic heterocycles. The molecular formula is C20H17ClFN3O. The summed E-state index contributed by atoms with van der Waals surface area (Å²) < 4.78 is 18.5. The van der Waals surface area contributed by atoms with Gasteiger partial charge >= 0.3 is 0 Å². The molecule has 26 heavy (non-hydrogen) atoms. The molecule has 2 aromatic carbocycles. The largest absolute Gasteiger partial charge is 0.356 e. The van der Waals surface area contributed by atoms with Crippen molar-refractivity contribution in [3.63, 3.8) is 0 Å². The summed E-state index contributed by atoms with van der Waals surface area (Å²) in [7, 11) is 0. The topological polar surface area (TPSA) is 64.9 Å². The van der Waals surface area contributed by atoms with Crippen LogP contribution in [0.4, 0.5) is 4.39 Å². The summed E-state index contributed by atoms with van der Waals surface area (Å²) in [6.07, 6.45) is 1.71. The van der Waals surface area contributed by atoms with Crippen LogP contribution in [0.1, 0.15) is 17.3 Å². The lowest BCUT2D eigenvalue weighted by Crippen LogP contribution is -2.15. The summed E-state index contributed by atoms with van der Waals surface area (Å²) >= 11 is 0. The average Bonchev–Trinajstić information content (AvgIpc) is 3.07. The third-order valence-corrected chi connectivity index (χ3v) is 4.21. The van der Waals surface area contributed by atoms with E-state index in [2.05, 4.69) is 10.1 Å². The van der Waals surface area contributed by atoms with Crippen LogP contribution in [0.2, 0.25) is 0 Å². The highest BCUT2D eigenvalue weighted by molar-refractivity contribution is 5.92. The van der Waals surface area contributed by atoms with Gasteiger partial charge in [-0.3, -0.25) is 4.98 Å². The van der Waals surface area contributed by atoms with Crippen LogP contribution < -0.4 is 5.73 Å². The number of hydrogen-bond donors (Lipinski definition) is 1. The first-order valence-electron chi connectivity index (χ1n) is 8.02. The van der Waals surface area contributed by atoms with Crippen molar-refractivity contribution in [2.24, 2.45) is 5.73 Å². The molecule has 0 radical (unpaired) electrons. The number of hydrogen-bond acceptors (Lipinski definition) is 4. The number of para-hydroxylation sites is 1.